The Labute approximate surface area is 148 Å². The zero-order valence-electron chi connectivity index (χ0n) is 13.3. The molecule has 0 saturated carbocycles. The molecule has 0 bridgehead atoms. The number of rotatable bonds is 2. The summed E-state index contributed by atoms with van der Waals surface area (Å²) in [5.74, 6) is 0.127. The predicted molar refractivity (Wildman–Crippen MR) is 95.3 cm³/mol. The third-order valence-corrected chi connectivity index (χ3v) is 3.53. The van der Waals surface area contributed by atoms with Crippen LogP contribution in [0.1, 0.15) is 13.8 Å². The third-order valence-electron chi connectivity index (χ3n) is 3.03. The van der Waals surface area contributed by atoms with Crippen molar-refractivity contribution in [3.05, 3.63) is 50.6 Å². The lowest BCUT2D eigenvalue weighted by molar-refractivity contribution is 0.359. The molecular weight excluding hydrogens is 353 g/mol. The molecule has 2 heterocycles. The quantitative estimate of drug-likeness (QED) is 0.696. The summed E-state index contributed by atoms with van der Waals surface area (Å²) in [5, 5.41) is 10.4. The zero-order chi connectivity index (χ0) is 17.9. The van der Waals surface area contributed by atoms with Gasteiger partial charge in [0, 0.05) is 11.1 Å². The Hall–Kier alpha value is -2.24. The van der Waals surface area contributed by atoms with Crippen LogP contribution in [-0.2, 0) is 0 Å². The van der Waals surface area contributed by atoms with Crippen molar-refractivity contribution in [2.75, 3.05) is 7.11 Å². The maximum Gasteiger partial charge on any atom is 0.257 e. The highest BCUT2D eigenvalue weighted by molar-refractivity contribution is 6.38. The smallest absolute Gasteiger partial charge is 0.257 e. The minimum Gasteiger partial charge on any atom is -0.503 e. The highest BCUT2D eigenvalue weighted by atomic mass is 35.5. The van der Waals surface area contributed by atoms with Crippen LogP contribution in [0.3, 0.4) is 0 Å². The number of benzene rings is 1. The molecule has 1 aromatic carbocycles. The van der Waals surface area contributed by atoms with E-state index in [9.17, 15) is 9.90 Å². The molecule has 0 amide bonds. The van der Waals surface area contributed by atoms with Crippen LogP contribution in [0.15, 0.2) is 39.5 Å². The summed E-state index contributed by atoms with van der Waals surface area (Å²) in [5.41, 5.74) is 0.261. The van der Waals surface area contributed by atoms with Gasteiger partial charge in [-0.3, -0.25) is 4.79 Å². The van der Waals surface area contributed by atoms with Crippen molar-refractivity contribution in [2.24, 2.45) is 0 Å². The van der Waals surface area contributed by atoms with Gasteiger partial charge >= 0.3 is 0 Å². The topological polar surface area (TPSA) is 72.6 Å². The van der Waals surface area contributed by atoms with Crippen molar-refractivity contribution in [3.8, 4) is 23.1 Å². The maximum absolute atomic E-state index is 12.2. The lowest BCUT2D eigenvalue weighted by Gasteiger charge is -2.07. The van der Waals surface area contributed by atoms with Crippen molar-refractivity contribution in [3.63, 3.8) is 0 Å². The van der Waals surface area contributed by atoms with Crippen LogP contribution in [0.4, 0.5) is 0 Å². The van der Waals surface area contributed by atoms with Gasteiger partial charge in [0.05, 0.1) is 17.5 Å². The van der Waals surface area contributed by atoms with E-state index in [1.807, 2.05) is 13.8 Å². The summed E-state index contributed by atoms with van der Waals surface area (Å²) in [7, 11) is 1.38. The van der Waals surface area contributed by atoms with E-state index in [4.69, 9.17) is 32.4 Å². The molecule has 7 heteroatoms. The number of hydrogen-bond acceptors (Lipinski definition) is 5. The highest BCUT2D eigenvalue weighted by Gasteiger charge is 2.13. The first-order valence-electron chi connectivity index (χ1n) is 7.17. The average molecular weight is 368 g/mol. The number of aromatic nitrogens is 1. The molecule has 0 unspecified atom stereocenters. The molecule has 0 fully saturated rings. The van der Waals surface area contributed by atoms with E-state index in [0.29, 0.717) is 10.7 Å². The number of halogens is 2. The molecule has 3 aromatic rings. The largest absolute Gasteiger partial charge is 0.503 e. The van der Waals surface area contributed by atoms with Gasteiger partial charge in [-0.15, -0.1) is 0 Å². The Bertz CT molecular complexity index is 938. The SMILES string of the molecule is CC.COc1nc(-c2cc(=O)c3cc(Cl)cc(Cl)c3o2)ccc1O. The van der Waals surface area contributed by atoms with Gasteiger partial charge < -0.3 is 14.3 Å². The zero-order valence-corrected chi connectivity index (χ0v) is 14.8. The Morgan fingerprint density at radius 1 is 1.17 bits per heavy atom. The minimum atomic E-state index is -0.297. The second kappa shape index (κ2) is 7.55. The van der Waals surface area contributed by atoms with Crippen molar-refractivity contribution < 1.29 is 14.3 Å². The van der Waals surface area contributed by atoms with Gasteiger partial charge in [0.15, 0.2) is 22.5 Å². The number of hydrogen-bond donors (Lipinski definition) is 1. The van der Waals surface area contributed by atoms with Gasteiger partial charge in [0.2, 0.25) is 0 Å². The molecule has 5 nitrogen and oxygen atoms in total. The fourth-order valence-electron chi connectivity index (χ4n) is 2.03. The first-order valence-corrected chi connectivity index (χ1v) is 7.92. The lowest BCUT2D eigenvalue weighted by atomic mass is 10.2. The molecule has 0 aliphatic rings. The van der Waals surface area contributed by atoms with Crippen LogP contribution in [0.25, 0.3) is 22.4 Å². The Morgan fingerprint density at radius 2 is 1.88 bits per heavy atom. The third kappa shape index (κ3) is 3.47. The molecule has 0 atom stereocenters. The number of pyridine rings is 1. The first kappa shape index (κ1) is 18.1. The molecule has 24 heavy (non-hydrogen) atoms. The molecule has 1 N–H and O–H groups in total. The molecule has 126 valence electrons. The molecule has 0 aliphatic carbocycles. The molecule has 3 rings (SSSR count). The summed E-state index contributed by atoms with van der Waals surface area (Å²) in [4.78, 5) is 16.3. The molecule has 0 spiro atoms. The number of fused-ring (bicyclic) bond motifs is 1. The molecular formula is C17H15Cl2NO4. The Kier molecular flexibility index (Phi) is 5.70. The predicted octanol–water partition coefficient (Wildman–Crippen LogP) is 4.90. The van der Waals surface area contributed by atoms with Crippen LogP contribution in [0.5, 0.6) is 11.6 Å². The monoisotopic (exact) mass is 367 g/mol. The van der Waals surface area contributed by atoms with Crippen LogP contribution in [0.2, 0.25) is 10.0 Å². The fraction of sp³-hybridized carbons (Fsp3) is 0.176. The number of methoxy groups -OCH3 is 1. The molecule has 2 aromatic heterocycles. The van der Waals surface area contributed by atoms with E-state index in [-0.39, 0.29) is 38.8 Å². The van der Waals surface area contributed by atoms with Gasteiger partial charge in [-0.1, -0.05) is 37.0 Å². The molecule has 0 radical (unpaired) electrons. The Morgan fingerprint density at radius 3 is 2.54 bits per heavy atom. The van der Waals surface area contributed by atoms with E-state index in [1.54, 1.807) is 0 Å². The summed E-state index contributed by atoms with van der Waals surface area (Å²) in [6.45, 7) is 4.00. The highest BCUT2D eigenvalue weighted by Crippen LogP contribution is 2.31. The van der Waals surface area contributed by atoms with E-state index in [2.05, 4.69) is 4.98 Å². The number of aromatic hydroxyl groups is 1. The standard InChI is InChI=1S/C15H9Cl2NO4.C2H6/c1-21-15-11(19)3-2-10(18-15)13-6-12(20)8-4-7(16)5-9(17)14(8)22-13;1-2/h2-6,19H,1H3;1-2H3. The van der Waals surface area contributed by atoms with Crippen LogP contribution in [-0.4, -0.2) is 17.2 Å². The summed E-state index contributed by atoms with van der Waals surface area (Å²) in [6.07, 6.45) is 0. The molecule has 0 saturated heterocycles. The lowest BCUT2D eigenvalue weighted by Crippen LogP contribution is -2.01. The minimum absolute atomic E-state index is 0.0300. The van der Waals surface area contributed by atoms with Crippen molar-refractivity contribution in [1.29, 1.82) is 0 Å². The number of nitrogens with zero attached hydrogens (tertiary/aromatic N) is 1. The first-order chi connectivity index (χ1) is 11.5. The van der Waals surface area contributed by atoms with Crippen LogP contribution >= 0.6 is 23.2 Å². The van der Waals surface area contributed by atoms with E-state index < -0.39 is 0 Å². The van der Waals surface area contributed by atoms with E-state index in [0.717, 1.165) is 0 Å². The normalized spacial score (nSPS) is 10.2. The summed E-state index contributed by atoms with van der Waals surface area (Å²) in [6, 6.07) is 7.17. The summed E-state index contributed by atoms with van der Waals surface area (Å²) < 4.78 is 10.6. The Balaban J connectivity index is 0.00000100. The van der Waals surface area contributed by atoms with Crippen molar-refractivity contribution >= 4 is 34.2 Å². The molecule has 0 aliphatic heterocycles. The van der Waals surface area contributed by atoms with Gasteiger partial charge in [0.1, 0.15) is 5.69 Å². The van der Waals surface area contributed by atoms with Crippen molar-refractivity contribution in [2.45, 2.75) is 13.8 Å². The van der Waals surface area contributed by atoms with Crippen LogP contribution < -0.4 is 10.2 Å². The second-order valence-electron chi connectivity index (χ2n) is 4.46. The van der Waals surface area contributed by atoms with Gasteiger partial charge in [-0.05, 0) is 24.3 Å². The van der Waals surface area contributed by atoms with Gasteiger partial charge in [-0.25, -0.2) is 4.98 Å². The van der Waals surface area contributed by atoms with E-state index >= 15 is 0 Å². The summed E-state index contributed by atoms with van der Waals surface area (Å²) >= 11 is 12.0. The van der Waals surface area contributed by atoms with E-state index in [1.165, 1.54) is 37.4 Å². The van der Waals surface area contributed by atoms with Crippen LogP contribution in [0, 0.1) is 0 Å². The number of ether oxygens (including phenoxy) is 1. The second-order valence-corrected chi connectivity index (χ2v) is 5.31. The fourth-order valence-corrected chi connectivity index (χ4v) is 2.56. The van der Waals surface area contributed by atoms with Gasteiger partial charge in [0.25, 0.3) is 5.88 Å². The maximum atomic E-state index is 12.2. The van der Waals surface area contributed by atoms with Crippen molar-refractivity contribution in [1.82, 2.24) is 4.98 Å². The average Bonchev–Trinajstić information content (AvgIpc) is 2.58. The van der Waals surface area contributed by atoms with Gasteiger partial charge in [-0.2, -0.15) is 0 Å².